The molecule has 3 rings (SSSR count). The summed E-state index contributed by atoms with van der Waals surface area (Å²) in [5.41, 5.74) is 2.00. The van der Waals surface area contributed by atoms with Crippen LogP contribution in [-0.2, 0) is 17.6 Å². The molecule has 1 aliphatic carbocycles. The van der Waals surface area contributed by atoms with E-state index < -0.39 is 5.97 Å². The molecule has 0 radical (unpaired) electrons. The number of benzene rings is 1. The molecule has 5 nitrogen and oxygen atoms in total. The number of aryl methyl sites for hydroxylation is 1. The van der Waals surface area contributed by atoms with E-state index in [2.05, 4.69) is 5.32 Å². The minimum atomic E-state index is -0.978. The van der Waals surface area contributed by atoms with Crippen molar-refractivity contribution in [2.24, 2.45) is 0 Å². The molecule has 1 heterocycles. The van der Waals surface area contributed by atoms with Crippen LogP contribution in [-0.4, -0.2) is 24.1 Å². The molecule has 0 aliphatic heterocycles. The van der Waals surface area contributed by atoms with Crippen molar-refractivity contribution in [3.05, 3.63) is 51.9 Å². The Hall–Kier alpha value is -2.60. The lowest BCUT2D eigenvalue weighted by atomic mass is 9.95. The fourth-order valence-electron chi connectivity index (χ4n) is 2.92. The van der Waals surface area contributed by atoms with E-state index in [9.17, 15) is 14.7 Å². The van der Waals surface area contributed by atoms with Gasteiger partial charge >= 0.3 is 5.97 Å². The number of fused-ring (bicyclic) bond motifs is 1. The molecule has 0 spiro atoms. The van der Waals surface area contributed by atoms with E-state index in [4.69, 9.17) is 4.74 Å². The van der Waals surface area contributed by atoms with Gasteiger partial charge in [-0.05, 0) is 55.0 Å². The van der Waals surface area contributed by atoms with Gasteiger partial charge in [-0.2, -0.15) is 0 Å². The number of carboxylic acid groups (broad SMARTS) is 1. The molecule has 0 unspecified atom stereocenters. The Labute approximate surface area is 149 Å². The molecule has 0 atom stereocenters. The Morgan fingerprint density at radius 3 is 2.60 bits per heavy atom. The van der Waals surface area contributed by atoms with Gasteiger partial charge in [0.2, 0.25) is 5.91 Å². The number of carboxylic acids is 1. The van der Waals surface area contributed by atoms with Crippen LogP contribution in [0.5, 0.6) is 5.75 Å². The molecule has 25 heavy (non-hydrogen) atoms. The lowest BCUT2D eigenvalue weighted by Gasteiger charge is -2.10. The second-order valence-corrected chi connectivity index (χ2v) is 6.92. The lowest BCUT2D eigenvalue weighted by Crippen LogP contribution is -2.11. The molecule has 130 valence electrons. The number of aromatic carboxylic acids is 1. The number of nitrogens with one attached hydrogen (secondary N) is 1. The molecule has 1 aromatic heterocycles. The lowest BCUT2D eigenvalue weighted by molar-refractivity contribution is -0.111. The largest absolute Gasteiger partial charge is 0.497 e. The van der Waals surface area contributed by atoms with E-state index >= 15 is 0 Å². The van der Waals surface area contributed by atoms with Gasteiger partial charge in [-0.15, -0.1) is 11.3 Å². The number of carbonyl (C=O) groups is 2. The van der Waals surface area contributed by atoms with Gasteiger partial charge in [0.05, 0.1) is 12.7 Å². The van der Waals surface area contributed by atoms with E-state index in [-0.39, 0.29) is 11.5 Å². The van der Waals surface area contributed by atoms with Crippen molar-refractivity contribution in [3.63, 3.8) is 0 Å². The number of methoxy groups -OCH3 is 1. The van der Waals surface area contributed by atoms with Crippen molar-refractivity contribution in [1.82, 2.24) is 0 Å². The third kappa shape index (κ3) is 3.91. The molecule has 0 saturated heterocycles. The Bertz CT molecular complexity index is 821. The predicted molar refractivity (Wildman–Crippen MR) is 98.6 cm³/mol. The molecule has 2 N–H and O–H groups in total. The summed E-state index contributed by atoms with van der Waals surface area (Å²) in [6.07, 6.45) is 6.81. The summed E-state index contributed by atoms with van der Waals surface area (Å²) >= 11 is 1.38. The van der Waals surface area contributed by atoms with Crippen LogP contribution >= 0.6 is 11.3 Å². The third-order valence-electron chi connectivity index (χ3n) is 4.16. The van der Waals surface area contributed by atoms with Crippen LogP contribution in [0, 0.1) is 0 Å². The van der Waals surface area contributed by atoms with Crippen molar-refractivity contribution in [2.45, 2.75) is 25.7 Å². The van der Waals surface area contributed by atoms with Gasteiger partial charge in [-0.1, -0.05) is 12.1 Å². The maximum absolute atomic E-state index is 12.2. The van der Waals surface area contributed by atoms with Crippen LogP contribution in [0.3, 0.4) is 0 Å². The zero-order valence-electron chi connectivity index (χ0n) is 13.9. The van der Waals surface area contributed by atoms with Crippen molar-refractivity contribution < 1.29 is 19.4 Å². The third-order valence-corrected chi connectivity index (χ3v) is 5.37. The second kappa shape index (κ2) is 7.53. The Morgan fingerprint density at radius 1 is 1.20 bits per heavy atom. The van der Waals surface area contributed by atoms with Crippen molar-refractivity contribution in [2.75, 3.05) is 12.4 Å². The SMILES string of the molecule is COc1ccc(/C=C/C(=O)Nc2sc3c(c2C(=O)O)CCCC3)cc1. The molecule has 0 bridgehead atoms. The van der Waals surface area contributed by atoms with E-state index in [0.717, 1.165) is 47.4 Å². The average Bonchev–Trinajstić information content (AvgIpc) is 2.98. The fourth-order valence-corrected chi connectivity index (χ4v) is 4.20. The summed E-state index contributed by atoms with van der Waals surface area (Å²) in [6, 6.07) is 7.31. The first kappa shape index (κ1) is 17.2. The summed E-state index contributed by atoms with van der Waals surface area (Å²) in [7, 11) is 1.60. The zero-order valence-corrected chi connectivity index (χ0v) is 14.7. The van der Waals surface area contributed by atoms with Crippen LogP contribution in [0.4, 0.5) is 5.00 Å². The number of ether oxygens (including phenoxy) is 1. The van der Waals surface area contributed by atoms with Crippen LogP contribution in [0.2, 0.25) is 0 Å². The highest BCUT2D eigenvalue weighted by Gasteiger charge is 2.25. The monoisotopic (exact) mass is 357 g/mol. The molecule has 0 fully saturated rings. The molecule has 6 heteroatoms. The minimum Gasteiger partial charge on any atom is -0.497 e. The first-order valence-corrected chi connectivity index (χ1v) is 8.91. The minimum absolute atomic E-state index is 0.255. The highest BCUT2D eigenvalue weighted by molar-refractivity contribution is 7.17. The number of anilines is 1. The Morgan fingerprint density at radius 2 is 1.92 bits per heavy atom. The first-order valence-electron chi connectivity index (χ1n) is 8.09. The van der Waals surface area contributed by atoms with Crippen molar-refractivity contribution in [3.8, 4) is 5.75 Å². The van der Waals surface area contributed by atoms with Gasteiger partial charge in [0, 0.05) is 11.0 Å². The molecular formula is C19H19NO4S. The quantitative estimate of drug-likeness (QED) is 0.794. The van der Waals surface area contributed by atoms with Gasteiger partial charge in [0.1, 0.15) is 10.8 Å². The smallest absolute Gasteiger partial charge is 0.339 e. The number of hydrogen-bond acceptors (Lipinski definition) is 4. The highest BCUT2D eigenvalue weighted by atomic mass is 32.1. The van der Waals surface area contributed by atoms with E-state index in [0.29, 0.717) is 5.00 Å². The van der Waals surface area contributed by atoms with Gasteiger partial charge in [-0.25, -0.2) is 4.79 Å². The summed E-state index contributed by atoms with van der Waals surface area (Å²) in [6.45, 7) is 0. The van der Waals surface area contributed by atoms with E-state index in [1.165, 1.54) is 17.4 Å². The molecule has 0 saturated carbocycles. The number of rotatable bonds is 5. The van der Waals surface area contributed by atoms with Gasteiger partial charge in [0.25, 0.3) is 0 Å². The number of thiophene rings is 1. The van der Waals surface area contributed by atoms with Crippen molar-refractivity contribution in [1.29, 1.82) is 0 Å². The maximum Gasteiger partial charge on any atom is 0.339 e. The predicted octanol–water partition coefficient (Wildman–Crippen LogP) is 3.99. The Balaban J connectivity index is 1.75. The molecule has 1 aliphatic rings. The average molecular weight is 357 g/mol. The topological polar surface area (TPSA) is 75.6 Å². The number of hydrogen-bond donors (Lipinski definition) is 2. The highest BCUT2D eigenvalue weighted by Crippen LogP contribution is 2.38. The van der Waals surface area contributed by atoms with E-state index in [1.807, 2.05) is 24.3 Å². The van der Waals surface area contributed by atoms with E-state index in [1.54, 1.807) is 13.2 Å². The van der Waals surface area contributed by atoms with Gasteiger partial charge < -0.3 is 15.2 Å². The molecular weight excluding hydrogens is 338 g/mol. The maximum atomic E-state index is 12.2. The molecule has 1 amide bonds. The normalized spacial score (nSPS) is 13.5. The van der Waals surface area contributed by atoms with Crippen LogP contribution < -0.4 is 10.1 Å². The summed E-state index contributed by atoms with van der Waals surface area (Å²) in [5, 5.41) is 12.7. The standard InChI is InChI=1S/C19H19NO4S/c1-24-13-9-6-12(7-10-13)8-11-16(21)20-18-17(19(22)23)14-4-2-3-5-15(14)25-18/h6-11H,2-5H2,1H3,(H,20,21)(H,22,23)/b11-8+. The first-order chi connectivity index (χ1) is 12.1. The van der Waals surface area contributed by atoms with Crippen molar-refractivity contribution >= 4 is 34.3 Å². The van der Waals surface area contributed by atoms with Crippen LogP contribution in [0.1, 0.15) is 39.2 Å². The van der Waals surface area contributed by atoms with Crippen LogP contribution in [0.25, 0.3) is 6.08 Å². The number of carbonyl (C=O) groups excluding carboxylic acids is 1. The molecule has 2 aromatic rings. The van der Waals surface area contributed by atoms with Gasteiger partial charge in [-0.3, -0.25) is 4.79 Å². The summed E-state index contributed by atoms with van der Waals surface area (Å²) < 4.78 is 5.09. The second-order valence-electron chi connectivity index (χ2n) is 5.82. The van der Waals surface area contributed by atoms with Crippen LogP contribution in [0.15, 0.2) is 30.3 Å². The number of amides is 1. The summed E-state index contributed by atoms with van der Waals surface area (Å²) in [4.78, 5) is 24.9. The van der Waals surface area contributed by atoms with Gasteiger partial charge in [0.15, 0.2) is 0 Å². The zero-order chi connectivity index (χ0) is 17.8. The fraction of sp³-hybridized carbons (Fsp3) is 0.263. The Kier molecular flexibility index (Phi) is 5.19. The molecule has 1 aromatic carbocycles. The summed E-state index contributed by atoms with van der Waals surface area (Å²) in [5.74, 6) is -0.567.